The van der Waals surface area contributed by atoms with Crippen molar-refractivity contribution in [3.8, 4) is 5.75 Å². The predicted molar refractivity (Wildman–Crippen MR) is 105 cm³/mol. The second-order valence-electron chi connectivity index (χ2n) is 6.76. The average molecular weight is 424 g/mol. The number of nitrogens with one attached hydrogen (secondary N) is 1. The quantitative estimate of drug-likeness (QED) is 0.771. The number of anilines is 1. The fraction of sp³-hybridized carbons (Fsp3) is 0.350. The van der Waals surface area contributed by atoms with E-state index in [2.05, 4.69) is 10.2 Å². The molecule has 1 aliphatic heterocycles. The summed E-state index contributed by atoms with van der Waals surface area (Å²) >= 11 is 0. The molecule has 0 bridgehead atoms. The Morgan fingerprint density at radius 3 is 2.17 bits per heavy atom. The molecule has 1 aliphatic rings. The minimum atomic E-state index is -4.66. The van der Waals surface area contributed by atoms with Gasteiger partial charge < -0.3 is 15.0 Å². The van der Waals surface area contributed by atoms with Gasteiger partial charge in [-0.25, -0.2) is 8.42 Å². The van der Waals surface area contributed by atoms with E-state index < -0.39 is 20.5 Å². The van der Waals surface area contributed by atoms with E-state index in [0.717, 1.165) is 49.5 Å². The highest BCUT2D eigenvalue weighted by Gasteiger charge is 2.27. The lowest BCUT2D eigenvalue weighted by atomic mass is 10.0. The topological polar surface area (TPSA) is 75.7 Å². The number of rotatable bonds is 6. The molecule has 0 atom stereocenters. The molecule has 29 heavy (non-hydrogen) atoms. The minimum absolute atomic E-state index is 0.0125. The van der Waals surface area contributed by atoms with Crippen LogP contribution in [0.2, 0.25) is 0 Å². The van der Waals surface area contributed by atoms with Gasteiger partial charge in [0.25, 0.3) is 5.91 Å². The number of ether oxygens (including phenoxy) is 1. The number of hydrogen-bond donors (Lipinski definition) is 1. The normalized spacial score (nSPS) is 15.4. The molecule has 1 heterocycles. The molecular formula is C20H22F2N2O4S. The van der Waals surface area contributed by atoms with Gasteiger partial charge in [0.2, 0.25) is 9.84 Å². The van der Waals surface area contributed by atoms with E-state index in [0.29, 0.717) is 0 Å². The smallest absolute Gasteiger partial charge is 0.341 e. The Balaban J connectivity index is 1.55. The zero-order valence-corrected chi connectivity index (χ0v) is 16.7. The summed E-state index contributed by atoms with van der Waals surface area (Å²) in [5.74, 6) is -3.05. The number of halogens is 2. The van der Waals surface area contributed by atoms with Gasteiger partial charge in [-0.2, -0.15) is 8.78 Å². The van der Waals surface area contributed by atoms with Crippen LogP contribution in [0, 0.1) is 0 Å². The first-order valence-corrected chi connectivity index (χ1v) is 10.7. The second-order valence-corrected chi connectivity index (χ2v) is 8.68. The molecule has 6 nitrogen and oxygen atoms in total. The van der Waals surface area contributed by atoms with Crippen LogP contribution in [0.4, 0.5) is 14.5 Å². The summed E-state index contributed by atoms with van der Waals surface area (Å²) in [5, 5.41) is 2.92. The lowest BCUT2D eigenvalue weighted by Gasteiger charge is -2.34. The zero-order chi connectivity index (χ0) is 21.0. The molecule has 156 valence electrons. The number of alkyl halides is 2. The maximum absolute atomic E-state index is 12.6. The first-order chi connectivity index (χ1) is 13.8. The number of nitrogens with zero attached hydrogens (tertiary/aromatic N) is 1. The van der Waals surface area contributed by atoms with Crippen molar-refractivity contribution in [3.63, 3.8) is 0 Å². The van der Waals surface area contributed by atoms with Gasteiger partial charge >= 0.3 is 5.76 Å². The van der Waals surface area contributed by atoms with Crippen molar-refractivity contribution in [2.75, 3.05) is 25.1 Å². The Morgan fingerprint density at radius 1 is 1.07 bits per heavy atom. The molecular weight excluding hydrogens is 402 g/mol. The summed E-state index contributed by atoms with van der Waals surface area (Å²) in [6.07, 6.45) is 1.52. The first-order valence-electron chi connectivity index (χ1n) is 9.13. The molecule has 1 fully saturated rings. The lowest BCUT2D eigenvalue weighted by molar-refractivity contribution is 0.0931. The van der Waals surface area contributed by atoms with Crippen molar-refractivity contribution in [1.82, 2.24) is 5.32 Å². The van der Waals surface area contributed by atoms with E-state index in [9.17, 15) is 22.0 Å². The van der Waals surface area contributed by atoms with Crippen molar-refractivity contribution >= 4 is 21.4 Å². The number of amides is 1. The third kappa shape index (κ3) is 4.84. The second kappa shape index (κ2) is 8.77. The summed E-state index contributed by atoms with van der Waals surface area (Å²) in [6.45, 7) is 1.56. The summed E-state index contributed by atoms with van der Waals surface area (Å²) < 4.78 is 53.2. The largest absolute Gasteiger partial charge is 0.497 e. The Kier molecular flexibility index (Phi) is 6.36. The van der Waals surface area contributed by atoms with Crippen LogP contribution in [-0.4, -0.2) is 46.3 Å². The molecule has 0 aliphatic carbocycles. The van der Waals surface area contributed by atoms with Gasteiger partial charge in [-0.3, -0.25) is 4.79 Å². The van der Waals surface area contributed by atoms with Crippen LogP contribution < -0.4 is 15.0 Å². The van der Waals surface area contributed by atoms with Crippen molar-refractivity contribution < 1.29 is 26.7 Å². The summed E-state index contributed by atoms with van der Waals surface area (Å²) in [6, 6.07) is 12.3. The Morgan fingerprint density at radius 2 is 1.66 bits per heavy atom. The molecule has 1 saturated heterocycles. The number of hydrogen-bond acceptors (Lipinski definition) is 5. The lowest BCUT2D eigenvalue weighted by Crippen LogP contribution is -2.44. The van der Waals surface area contributed by atoms with Gasteiger partial charge in [0.05, 0.1) is 12.0 Å². The monoisotopic (exact) mass is 424 g/mol. The number of methoxy groups -OCH3 is 1. The molecule has 3 rings (SSSR count). The molecule has 2 aromatic carbocycles. The van der Waals surface area contributed by atoms with Crippen LogP contribution >= 0.6 is 0 Å². The molecule has 0 aromatic heterocycles. The van der Waals surface area contributed by atoms with E-state index in [-0.39, 0.29) is 17.5 Å². The summed E-state index contributed by atoms with van der Waals surface area (Å²) in [7, 11) is -3.04. The molecule has 0 unspecified atom stereocenters. The van der Waals surface area contributed by atoms with Gasteiger partial charge in [-0.15, -0.1) is 0 Å². The fourth-order valence-electron chi connectivity index (χ4n) is 3.24. The average Bonchev–Trinajstić information content (AvgIpc) is 2.74. The van der Waals surface area contributed by atoms with Crippen LogP contribution in [0.3, 0.4) is 0 Å². The summed E-state index contributed by atoms with van der Waals surface area (Å²) in [5.41, 5.74) is 1.32. The van der Waals surface area contributed by atoms with Crippen LogP contribution in [-0.2, 0) is 9.84 Å². The molecule has 1 amide bonds. The van der Waals surface area contributed by atoms with Gasteiger partial charge in [-0.05, 0) is 61.4 Å². The molecule has 0 radical (unpaired) electrons. The van der Waals surface area contributed by atoms with E-state index >= 15 is 0 Å². The van der Waals surface area contributed by atoms with Crippen molar-refractivity contribution in [2.24, 2.45) is 0 Å². The molecule has 9 heteroatoms. The Hall–Kier alpha value is -2.68. The van der Waals surface area contributed by atoms with E-state index in [4.69, 9.17) is 4.74 Å². The number of benzene rings is 2. The number of carbonyl (C=O) groups is 1. The SMILES string of the molecule is COc1ccc(N2CCC(NC(=O)c3ccc(S(=O)(=O)C(F)F)cc3)CC2)cc1. The van der Waals surface area contributed by atoms with E-state index in [1.165, 1.54) is 12.1 Å². The van der Waals surface area contributed by atoms with E-state index in [1.807, 2.05) is 24.3 Å². The Labute approximate surface area is 168 Å². The van der Waals surface area contributed by atoms with Crippen molar-refractivity contribution in [3.05, 3.63) is 54.1 Å². The number of piperidine rings is 1. The minimum Gasteiger partial charge on any atom is -0.497 e. The molecule has 1 N–H and O–H groups in total. The summed E-state index contributed by atoms with van der Waals surface area (Å²) in [4.78, 5) is 14.1. The highest BCUT2D eigenvalue weighted by Crippen LogP contribution is 2.23. The molecule has 0 spiro atoms. The predicted octanol–water partition coefficient (Wildman–Crippen LogP) is 3.09. The van der Waals surface area contributed by atoms with Crippen LogP contribution in [0.15, 0.2) is 53.4 Å². The van der Waals surface area contributed by atoms with Gasteiger partial charge in [0.15, 0.2) is 0 Å². The standard InChI is InChI=1S/C20H22F2N2O4S/c1-28-17-6-4-16(5-7-17)24-12-10-15(11-13-24)23-19(25)14-2-8-18(9-3-14)29(26,27)20(21)22/h2-9,15,20H,10-13H2,1H3,(H,23,25). The van der Waals surface area contributed by atoms with Crippen molar-refractivity contribution in [2.45, 2.75) is 29.5 Å². The maximum atomic E-state index is 12.6. The van der Waals surface area contributed by atoms with Crippen LogP contribution in [0.25, 0.3) is 0 Å². The van der Waals surface area contributed by atoms with Gasteiger partial charge in [-0.1, -0.05) is 0 Å². The maximum Gasteiger partial charge on any atom is 0.341 e. The third-order valence-corrected chi connectivity index (χ3v) is 6.35. The van der Waals surface area contributed by atoms with Gasteiger partial charge in [0, 0.05) is 30.4 Å². The highest BCUT2D eigenvalue weighted by atomic mass is 32.2. The third-order valence-electron chi connectivity index (χ3n) is 4.95. The number of carbonyl (C=O) groups excluding carboxylic acids is 1. The molecule has 0 saturated carbocycles. The van der Waals surface area contributed by atoms with Crippen LogP contribution in [0.1, 0.15) is 23.2 Å². The van der Waals surface area contributed by atoms with Crippen LogP contribution in [0.5, 0.6) is 5.75 Å². The fourth-order valence-corrected chi connectivity index (χ4v) is 3.96. The highest BCUT2D eigenvalue weighted by molar-refractivity contribution is 7.91. The number of sulfone groups is 1. The molecule has 2 aromatic rings. The Bertz CT molecular complexity index is 939. The van der Waals surface area contributed by atoms with Gasteiger partial charge in [0.1, 0.15) is 5.75 Å². The first kappa shape index (κ1) is 21.0. The van der Waals surface area contributed by atoms with Crippen molar-refractivity contribution in [1.29, 1.82) is 0 Å². The zero-order valence-electron chi connectivity index (χ0n) is 15.8. The van der Waals surface area contributed by atoms with E-state index in [1.54, 1.807) is 7.11 Å².